The van der Waals surface area contributed by atoms with Gasteiger partial charge in [-0.15, -0.1) is 0 Å². The first kappa shape index (κ1) is 14.5. The summed E-state index contributed by atoms with van der Waals surface area (Å²) in [5.41, 5.74) is 8.42. The topological polar surface area (TPSA) is 84.2 Å². The number of carbonyl (C=O) groups excluding carboxylic acids is 2. The highest BCUT2D eigenvalue weighted by Gasteiger charge is 2.20. The van der Waals surface area contributed by atoms with Gasteiger partial charge in [-0.1, -0.05) is 26.3 Å². The molecule has 1 heterocycles. The van der Waals surface area contributed by atoms with Crippen LogP contribution in [0, 0.1) is 5.92 Å². The van der Waals surface area contributed by atoms with Crippen LogP contribution in [0.5, 0.6) is 0 Å². The fraction of sp³-hybridized carbons (Fsp3) is 0.467. The van der Waals surface area contributed by atoms with Gasteiger partial charge < -0.3 is 16.4 Å². The molecule has 5 heteroatoms. The third kappa shape index (κ3) is 3.17. The Kier molecular flexibility index (Phi) is 4.39. The highest BCUT2D eigenvalue weighted by Crippen LogP contribution is 2.26. The van der Waals surface area contributed by atoms with E-state index in [1.165, 1.54) is 0 Å². The Morgan fingerprint density at radius 2 is 2.20 bits per heavy atom. The Bertz CT molecular complexity index is 528. The Balaban J connectivity index is 2.09. The molecular formula is C15H21N3O2. The summed E-state index contributed by atoms with van der Waals surface area (Å²) in [7, 11) is 0. The zero-order chi connectivity index (χ0) is 14.7. The standard InChI is InChI=1S/C15H21N3O2/c1-3-9(2)14(16)15(20)17-11-6-4-10-5-7-13(19)18-12(10)8-11/h4,6,8-9,14H,3,5,7,16H2,1-2H3,(H,17,20)(H,18,19). The van der Waals surface area contributed by atoms with Crippen LogP contribution in [0.1, 0.15) is 32.3 Å². The summed E-state index contributed by atoms with van der Waals surface area (Å²) < 4.78 is 0. The normalized spacial score (nSPS) is 16.9. The predicted molar refractivity (Wildman–Crippen MR) is 79.5 cm³/mol. The molecule has 1 aromatic rings. The number of anilines is 2. The van der Waals surface area contributed by atoms with E-state index in [0.29, 0.717) is 12.1 Å². The van der Waals surface area contributed by atoms with E-state index in [4.69, 9.17) is 5.73 Å². The molecule has 108 valence electrons. The molecule has 2 amide bonds. The summed E-state index contributed by atoms with van der Waals surface area (Å²) in [5, 5.41) is 5.62. The van der Waals surface area contributed by atoms with Crippen molar-refractivity contribution in [2.45, 2.75) is 39.2 Å². The van der Waals surface area contributed by atoms with Crippen molar-refractivity contribution in [1.82, 2.24) is 0 Å². The number of nitrogens with one attached hydrogen (secondary N) is 2. The van der Waals surface area contributed by atoms with Crippen molar-refractivity contribution in [1.29, 1.82) is 0 Å². The molecule has 1 aliphatic heterocycles. The molecule has 0 bridgehead atoms. The number of benzene rings is 1. The van der Waals surface area contributed by atoms with Crippen LogP contribution in [-0.4, -0.2) is 17.9 Å². The number of rotatable bonds is 4. The number of amides is 2. The second-order valence-corrected chi connectivity index (χ2v) is 5.32. The van der Waals surface area contributed by atoms with Crippen LogP contribution in [0.3, 0.4) is 0 Å². The van der Waals surface area contributed by atoms with Crippen molar-refractivity contribution < 1.29 is 9.59 Å². The van der Waals surface area contributed by atoms with Gasteiger partial charge in [-0.2, -0.15) is 0 Å². The van der Waals surface area contributed by atoms with Crippen LogP contribution in [-0.2, 0) is 16.0 Å². The minimum atomic E-state index is -0.523. The number of nitrogens with two attached hydrogens (primary N) is 1. The van der Waals surface area contributed by atoms with E-state index >= 15 is 0 Å². The molecule has 2 atom stereocenters. The lowest BCUT2D eigenvalue weighted by Crippen LogP contribution is -2.40. The van der Waals surface area contributed by atoms with E-state index in [9.17, 15) is 9.59 Å². The Morgan fingerprint density at radius 1 is 1.45 bits per heavy atom. The molecule has 20 heavy (non-hydrogen) atoms. The zero-order valence-electron chi connectivity index (χ0n) is 11.9. The third-order valence-corrected chi connectivity index (χ3v) is 3.83. The largest absolute Gasteiger partial charge is 0.326 e. The SMILES string of the molecule is CCC(C)C(N)C(=O)Nc1ccc2c(c1)NC(=O)CC2. The minimum Gasteiger partial charge on any atom is -0.326 e. The molecule has 1 aromatic carbocycles. The number of hydrogen-bond acceptors (Lipinski definition) is 3. The van der Waals surface area contributed by atoms with Gasteiger partial charge >= 0.3 is 0 Å². The van der Waals surface area contributed by atoms with Crippen LogP contribution in [0.15, 0.2) is 18.2 Å². The summed E-state index contributed by atoms with van der Waals surface area (Å²) in [5.74, 6) is -0.0500. The van der Waals surface area contributed by atoms with Crippen molar-refractivity contribution in [2.75, 3.05) is 10.6 Å². The van der Waals surface area contributed by atoms with E-state index in [1.54, 1.807) is 6.07 Å². The first-order valence-corrected chi connectivity index (χ1v) is 7.00. The molecule has 1 aliphatic rings. The first-order valence-electron chi connectivity index (χ1n) is 7.00. The molecule has 0 saturated heterocycles. The highest BCUT2D eigenvalue weighted by molar-refractivity contribution is 5.98. The maximum Gasteiger partial charge on any atom is 0.241 e. The lowest BCUT2D eigenvalue weighted by molar-refractivity contribution is -0.118. The molecule has 2 rings (SSSR count). The van der Waals surface area contributed by atoms with Gasteiger partial charge in [-0.25, -0.2) is 0 Å². The van der Waals surface area contributed by atoms with Gasteiger partial charge in [0.25, 0.3) is 0 Å². The Morgan fingerprint density at radius 3 is 2.90 bits per heavy atom. The fourth-order valence-electron chi connectivity index (χ4n) is 2.19. The smallest absolute Gasteiger partial charge is 0.241 e. The van der Waals surface area contributed by atoms with Crippen molar-refractivity contribution in [3.63, 3.8) is 0 Å². The number of carbonyl (C=O) groups is 2. The van der Waals surface area contributed by atoms with E-state index in [-0.39, 0.29) is 17.7 Å². The Labute approximate surface area is 118 Å². The van der Waals surface area contributed by atoms with E-state index in [1.807, 2.05) is 26.0 Å². The average Bonchev–Trinajstić information content (AvgIpc) is 2.45. The average molecular weight is 275 g/mol. The van der Waals surface area contributed by atoms with Crippen LogP contribution >= 0.6 is 0 Å². The van der Waals surface area contributed by atoms with Crippen LogP contribution in [0.2, 0.25) is 0 Å². The summed E-state index contributed by atoms with van der Waals surface area (Å²) >= 11 is 0. The maximum absolute atomic E-state index is 12.0. The monoisotopic (exact) mass is 275 g/mol. The van der Waals surface area contributed by atoms with Crippen LogP contribution < -0.4 is 16.4 Å². The third-order valence-electron chi connectivity index (χ3n) is 3.83. The molecular weight excluding hydrogens is 254 g/mol. The molecule has 4 N–H and O–H groups in total. The van der Waals surface area contributed by atoms with Crippen molar-refractivity contribution in [3.8, 4) is 0 Å². The minimum absolute atomic E-state index is 0.0114. The lowest BCUT2D eigenvalue weighted by Gasteiger charge is -2.20. The summed E-state index contributed by atoms with van der Waals surface area (Å²) in [6, 6.07) is 5.04. The summed E-state index contributed by atoms with van der Waals surface area (Å²) in [6.07, 6.45) is 2.11. The Hall–Kier alpha value is -1.88. The van der Waals surface area contributed by atoms with Crippen LogP contribution in [0.4, 0.5) is 11.4 Å². The van der Waals surface area contributed by atoms with E-state index in [2.05, 4.69) is 10.6 Å². The number of fused-ring (bicyclic) bond motifs is 1. The van der Waals surface area contributed by atoms with Gasteiger partial charge in [0, 0.05) is 17.8 Å². The molecule has 0 aromatic heterocycles. The van der Waals surface area contributed by atoms with Crippen LogP contribution in [0.25, 0.3) is 0 Å². The predicted octanol–water partition coefficient (Wildman–Crippen LogP) is 1.88. The van der Waals surface area contributed by atoms with Crippen molar-refractivity contribution >= 4 is 23.2 Å². The molecule has 0 aliphatic carbocycles. The second-order valence-electron chi connectivity index (χ2n) is 5.32. The molecule has 5 nitrogen and oxygen atoms in total. The van der Waals surface area contributed by atoms with Gasteiger partial charge in [-0.05, 0) is 30.0 Å². The molecule has 0 radical (unpaired) electrons. The van der Waals surface area contributed by atoms with Gasteiger partial charge in [0.2, 0.25) is 11.8 Å². The quantitative estimate of drug-likeness (QED) is 0.784. The van der Waals surface area contributed by atoms with E-state index in [0.717, 1.165) is 24.1 Å². The van der Waals surface area contributed by atoms with Gasteiger partial charge in [0.1, 0.15) is 0 Å². The first-order chi connectivity index (χ1) is 9.51. The lowest BCUT2D eigenvalue weighted by atomic mass is 9.99. The highest BCUT2D eigenvalue weighted by atomic mass is 16.2. The summed E-state index contributed by atoms with van der Waals surface area (Å²) in [6.45, 7) is 3.96. The molecule has 2 unspecified atom stereocenters. The molecule has 0 spiro atoms. The van der Waals surface area contributed by atoms with E-state index < -0.39 is 6.04 Å². The maximum atomic E-state index is 12.0. The zero-order valence-corrected chi connectivity index (χ0v) is 11.9. The molecule has 0 saturated carbocycles. The molecule has 0 fully saturated rings. The van der Waals surface area contributed by atoms with Crippen molar-refractivity contribution in [2.24, 2.45) is 11.7 Å². The van der Waals surface area contributed by atoms with Crippen molar-refractivity contribution in [3.05, 3.63) is 23.8 Å². The fourth-order valence-corrected chi connectivity index (χ4v) is 2.19. The second kappa shape index (κ2) is 6.05. The number of aryl methyl sites for hydroxylation is 1. The van der Waals surface area contributed by atoms with Gasteiger partial charge in [-0.3, -0.25) is 9.59 Å². The van der Waals surface area contributed by atoms with Gasteiger partial charge in [0.05, 0.1) is 6.04 Å². The summed E-state index contributed by atoms with van der Waals surface area (Å²) in [4.78, 5) is 23.4. The van der Waals surface area contributed by atoms with Gasteiger partial charge in [0.15, 0.2) is 0 Å². The number of hydrogen-bond donors (Lipinski definition) is 3.